The molecule has 0 aromatic heterocycles. The average molecular weight is 327 g/mol. The molecule has 2 aromatic carbocycles. The summed E-state index contributed by atoms with van der Waals surface area (Å²) in [6, 6.07) is 13.4. The zero-order valence-corrected chi connectivity index (χ0v) is 12.7. The van der Waals surface area contributed by atoms with Crippen LogP contribution in [0.15, 0.2) is 48.5 Å². The van der Waals surface area contributed by atoms with Gasteiger partial charge in [-0.2, -0.15) is 0 Å². The molecule has 0 saturated heterocycles. The molecule has 0 amide bonds. The Labute approximate surface area is 128 Å². The first-order valence-electron chi connectivity index (χ1n) is 6.20. The number of hydrogen-bond donors (Lipinski definition) is 2. The molecular formula is C14H15ClN2O3S. The Balaban J connectivity index is 1.91. The molecule has 21 heavy (non-hydrogen) atoms. The van der Waals surface area contributed by atoms with Crippen LogP contribution in [0.3, 0.4) is 0 Å². The van der Waals surface area contributed by atoms with Crippen LogP contribution in [0.5, 0.6) is 5.75 Å². The fraction of sp³-hybridized carbons (Fsp3) is 0.143. The van der Waals surface area contributed by atoms with Crippen molar-refractivity contribution in [2.75, 3.05) is 22.8 Å². The number of rotatable bonds is 6. The van der Waals surface area contributed by atoms with Crippen LogP contribution in [0, 0.1) is 0 Å². The Bertz CT molecular complexity index is 720. The van der Waals surface area contributed by atoms with Gasteiger partial charge < -0.3 is 10.5 Å². The fourth-order valence-corrected chi connectivity index (χ4v) is 2.74. The van der Waals surface area contributed by atoms with Crippen LogP contribution in [0.4, 0.5) is 11.4 Å². The van der Waals surface area contributed by atoms with Crippen molar-refractivity contribution < 1.29 is 13.2 Å². The first kappa shape index (κ1) is 15.5. The molecule has 0 spiro atoms. The summed E-state index contributed by atoms with van der Waals surface area (Å²) in [6.07, 6.45) is 0. The van der Waals surface area contributed by atoms with Crippen LogP contribution >= 0.6 is 11.6 Å². The zero-order valence-electron chi connectivity index (χ0n) is 11.1. The molecule has 0 aliphatic heterocycles. The molecule has 0 atom stereocenters. The molecular weight excluding hydrogens is 312 g/mol. The average Bonchev–Trinajstić information content (AvgIpc) is 2.40. The van der Waals surface area contributed by atoms with Gasteiger partial charge in [-0.15, -0.1) is 0 Å². The maximum Gasteiger partial charge on any atom is 0.236 e. The minimum Gasteiger partial charge on any atom is -0.490 e. The predicted octanol–water partition coefficient (Wildman–Crippen LogP) is 2.74. The topological polar surface area (TPSA) is 81.4 Å². The van der Waals surface area contributed by atoms with Gasteiger partial charge in [0.25, 0.3) is 0 Å². The van der Waals surface area contributed by atoms with Gasteiger partial charge in [0.05, 0.1) is 5.69 Å². The molecule has 0 aliphatic rings. The minimum absolute atomic E-state index is 0.00408. The van der Waals surface area contributed by atoms with E-state index in [4.69, 9.17) is 22.1 Å². The van der Waals surface area contributed by atoms with Gasteiger partial charge in [0.1, 0.15) is 18.1 Å². The van der Waals surface area contributed by atoms with E-state index < -0.39 is 10.0 Å². The van der Waals surface area contributed by atoms with Crippen LogP contribution in [0.25, 0.3) is 0 Å². The summed E-state index contributed by atoms with van der Waals surface area (Å²) in [5.74, 6) is 0.281. The number of nitrogens with two attached hydrogens (primary N) is 1. The summed E-state index contributed by atoms with van der Waals surface area (Å²) in [4.78, 5) is 0. The summed E-state index contributed by atoms with van der Waals surface area (Å²) in [7, 11) is -3.51. The molecule has 0 unspecified atom stereocenters. The maximum absolute atomic E-state index is 11.9. The van der Waals surface area contributed by atoms with E-state index in [9.17, 15) is 8.42 Å². The molecule has 0 saturated carbocycles. The first-order valence-corrected chi connectivity index (χ1v) is 8.23. The van der Waals surface area contributed by atoms with Crippen molar-refractivity contribution in [3.63, 3.8) is 0 Å². The van der Waals surface area contributed by atoms with Crippen molar-refractivity contribution in [3.05, 3.63) is 53.6 Å². The first-order chi connectivity index (χ1) is 9.96. The van der Waals surface area contributed by atoms with Gasteiger partial charge in [-0.1, -0.05) is 29.8 Å². The van der Waals surface area contributed by atoms with Gasteiger partial charge in [0, 0.05) is 10.7 Å². The predicted molar refractivity (Wildman–Crippen MR) is 85.2 cm³/mol. The fourth-order valence-electron chi connectivity index (χ4n) is 1.66. The summed E-state index contributed by atoms with van der Waals surface area (Å²) in [5.41, 5.74) is 6.59. The lowest BCUT2D eigenvalue weighted by atomic mass is 10.3. The monoisotopic (exact) mass is 326 g/mol. The van der Waals surface area contributed by atoms with Crippen LogP contribution in [-0.4, -0.2) is 20.8 Å². The van der Waals surface area contributed by atoms with Crippen molar-refractivity contribution in [3.8, 4) is 5.75 Å². The van der Waals surface area contributed by atoms with E-state index in [0.29, 0.717) is 22.1 Å². The van der Waals surface area contributed by atoms with Gasteiger partial charge in [-0.25, -0.2) is 8.42 Å². The third-order valence-electron chi connectivity index (χ3n) is 2.63. The number of anilines is 2. The smallest absolute Gasteiger partial charge is 0.236 e. The van der Waals surface area contributed by atoms with Gasteiger partial charge in [-0.05, 0) is 30.3 Å². The van der Waals surface area contributed by atoms with E-state index >= 15 is 0 Å². The second-order valence-electron chi connectivity index (χ2n) is 4.32. The van der Waals surface area contributed by atoms with Crippen molar-refractivity contribution in [2.24, 2.45) is 0 Å². The Hall–Kier alpha value is -1.92. The highest BCUT2D eigenvalue weighted by Gasteiger charge is 2.11. The summed E-state index contributed by atoms with van der Waals surface area (Å²) < 4.78 is 31.6. The molecule has 3 N–H and O–H groups in total. The van der Waals surface area contributed by atoms with E-state index in [1.807, 2.05) is 0 Å². The number of halogens is 1. The Morgan fingerprint density at radius 2 is 1.90 bits per heavy atom. The van der Waals surface area contributed by atoms with Gasteiger partial charge >= 0.3 is 0 Å². The largest absolute Gasteiger partial charge is 0.490 e. The molecule has 0 aliphatic carbocycles. The number of nitrogens with one attached hydrogen (secondary N) is 1. The van der Waals surface area contributed by atoms with Gasteiger partial charge in [0.15, 0.2) is 0 Å². The molecule has 0 heterocycles. The quantitative estimate of drug-likeness (QED) is 0.800. The van der Waals surface area contributed by atoms with Crippen LogP contribution in [0.2, 0.25) is 5.02 Å². The van der Waals surface area contributed by atoms with E-state index in [1.54, 1.807) is 42.5 Å². The number of benzene rings is 2. The normalized spacial score (nSPS) is 11.1. The van der Waals surface area contributed by atoms with Crippen LogP contribution in [-0.2, 0) is 10.0 Å². The second kappa shape index (κ2) is 6.69. The highest BCUT2D eigenvalue weighted by Crippen LogP contribution is 2.20. The van der Waals surface area contributed by atoms with E-state index in [-0.39, 0.29) is 12.4 Å². The molecule has 7 heteroatoms. The molecule has 2 aromatic rings. The Kier molecular flexibility index (Phi) is 4.93. The van der Waals surface area contributed by atoms with Crippen molar-refractivity contribution >= 4 is 33.0 Å². The summed E-state index contributed by atoms with van der Waals surface area (Å²) in [5, 5.41) is 0.462. The zero-order chi connectivity index (χ0) is 15.3. The van der Waals surface area contributed by atoms with Crippen molar-refractivity contribution in [1.82, 2.24) is 0 Å². The number of hydrogen-bond acceptors (Lipinski definition) is 4. The van der Waals surface area contributed by atoms with E-state index in [0.717, 1.165) is 0 Å². The van der Waals surface area contributed by atoms with Gasteiger partial charge in [-0.3, -0.25) is 4.72 Å². The molecule has 112 valence electrons. The highest BCUT2D eigenvalue weighted by molar-refractivity contribution is 7.92. The van der Waals surface area contributed by atoms with Crippen LogP contribution < -0.4 is 15.2 Å². The van der Waals surface area contributed by atoms with Crippen LogP contribution in [0.1, 0.15) is 0 Å². The third-order valence-corrected chi connectivity index (χ3v) is 4.11. The number of nitrogen functional groups attached to an aromatic ring is 1. The maximum atomic E-state index is 11.9. The third kappa shape index (κ3) is 4.84. The van der Waals surface area contributed by atoms with E-state index in [2.05, 4.69) is 4.72 Å². The summed E-state index contributed by atoms with van der Waals surface area (Å²) >= 11 is 5.80. The molecule has 0 fully saturated rings. The Morgan fingerprint density at radius 1 is 1.14 bits per heavy atom. The Morgan fingerprint density at radius 3 is 2.62 bits per heavy atom. The number of para-hydroxylation sites is 2. The standard InChI is InChI=1S/C14H15ClN2O3S/c15-11-4-3-5-12(10-11)17-21(18,19)9-8-20-14-7-2-1-6-13(14)16/h1-7,10,17H,8-9,16H2. The van der Waals surface area contributed by atoms with Crippen molar-refractivity contribution in [2.45, 2.75) is 0 Å². The minimum atomic E-state index is -3.51. The highest BCUT2D eigenvalue weighted by atomic mass is 35.5. The van der Waals surface area contributed by atoms with Gasteiger partial charge in [0.2, 0.25) is 10.0 Å². The second-order valence-corrected chi connectivity index (χ2v) is 6.60. The molecule has 2 rings (SSSR count). The SMILES string of the molecule is Nc1ccccc1OCCS(=O)(=O)Nc1cccc(Cl)c1. The summed E-state index contributed by atoms with van der Waals surface area (Å²) in [6.45, 7) is 0.00408. The molecule has 0 radical (unpaired) electrons. The lowest BCUT2D eigenvalue weighted by Gasteiger charge is -2.10. The van der Waals surface area contributed by atoms with Crippen molar-refractivity contribution in [1.29, 1.82) is 0 Å². The lowest BCUT2D eigenvalue weighted by Crippen LogP contribution is -2.21. The number of sulfonamides is 1. The molecule has 5 nitrogen and oxygen atoms in total. The van der Waals surface area contributed by atoms with E-state index in [1.165, 1.54) is 6.07 Å². The lowest BCUT2D eigenvalue weighted by molar-refractivity contribution is 0.343. The number of ether oxygens (including phenoxy) is 1. The molecule has 0 bridgehead atoms.